The second kappa shape index (κ2) is 6.51. The highest BCUT2D eigenvalue weighted by molar-refractivity contribution is 5.91. The Balaban J connectivity index is 1.79. The summed E-state index contributed by atoms with van der Waals surface area (Å²) < 4.78 is 0. The molecule has 1 nitrogen and oxygen atoms in total. The van der Waals surface area contributed by atoms with Crippen LogP contribution in [-0.4, -0.2) is 5.71 Å². The van der Waals surface area contributed by atoms with E-state index in [4.69, 9.17) is 4.99 Å². The Kier molecular flexibility index (Phi) is 4.27. The largest absolute Gasteiger partial charge is 0.289 e. The number of hydrogen-bond donors (Lipinski definition) is 0. The van der Waals surface area contributed by atoms with Crippen LogP contribution in [0.5, 0.6) is 0 Å². The van der Waals surface area contributed by atoms with Gasteiger partial charge in [0.2, 0.25) is 0 Å². The van der Waals surface area contributed by atoms with Crippen molar-refractivity contribution in [2.75, 3.05) is 0 Å². The van der Waals surface area contributed by atoms with Gasteiger partial charge in [-0.2, -0.15) is 0 Å². The van der Waals surface area contributed by atoms with Crippen LogP contribution in [0.3, 0.4) is 0 Å². The van der Waals surface area contributed by atoms with E-state index in [-0.39, 0.29) is 0 Å². The first kappa shape index (κ1) is 13.1. The lowest BCUT2D eigenvalue weighted by atomic mass is 9.82. The third-order valence-corrected chi connectivity index (χ3v) is 4.09. The highest BCUT2D eigenvalue weighted by Crippen LogP contribution is 2.31. The molecule has 0 N–H and O–H groups in total. The zero-order valence-corrected chi connectivity index (χ0v) is 11.8. The summed E-state index contributed by atoms with van der Waals surface area (Å²) in [6, 6.07) is 21.4. The quantitative estimate of drug-likeness (QED) is 0.740. The van der Waals surface area contributed by atoms with E-state index < -0.39 is 0 Å². The van der Waals surface area contributed by atoms with Gasteiger partial charge >= 0.3 is 0 Å². The van der Waals surface area contributed by atoms with Gasteiger partial charge in [-0.25, -0.2) is 0 Å². The molecule has 1 unspecified atom stereocenters. The molecule has 0 aromatic heterocycles. The SMILES string of the molecule is c1ccc(CN=C2CCCCC2c2ccccc2)cc1. The molecule has 20 heavy (non-hydrogen) atoms. The van der Waals surface area contributed by atoms with E-state index in [1.165, 1.54) is 36.1 Å². The maximum atomic E-state index is 4.93. The van der Waals surface area contributed by atoms with Crippen LogP contribution in [0.25, 0.3) is 0 Å². The Hall–Kier alpha value is -1.89. The molecule has 1 saturated carbocycles. The lowest BCUT2D eigenvalue weighted by molar-refractivity contribution is 0.609. The van der Waals surface area contributed by atoms with E-state index in [9.17, 15) is 0 Å². The molecule has 0 heterocycles. The summed E-state index contributed by atoms with van der Waals surface area (Å²) in [6.45, 7) is 0.819. The van der Waals surface area contributed by atoms with Gasteiger partial charge < -0.3 is 0 Å². The fraction of sp³-hybridized carbons (Fsp3) is 0.316. The van der Waals surface area contributed by atoms with E-state index in [0.29, 0.717) is 5.92 Å². The predicted octanol–water partition coefficient (Wildman–Crippen LogP) is 4.99. The molecule has 0 amide bonds. The molecule has 0 aliphatic heterocycles. The van der Waals surface area contributed by atoms with Crippen molar-refractivity contribution in [3.05, 3.63) is 71.8 Å². The molecule has 3 rings (SSSR count). The average molecular weight is 263 g/mol. The summed E-state index contributed by atoms with van der Waals surface area (Å²) in [4.78, 5) is 4.93. The summed E-state index contributed by atoms with van der Waals surface area (Å²) in [5.74, 6) is 0.536. The van der Waals surface area contributed by atoms with E-state index >= 15 is 0 Å². The number of hydrogen-bond acceptors (Lipinski definition) is 1. The predicted molar refractivity (Wildman–Crippen MR) is 85.2 cm³/mol. The molecule has 2 aromatic rings. The zero-order valence-electron chi connectivity index (χ0n) is 11.8. The van der Waals surface area contributed by atoms with Gasteiger partial charge in [0.25, 0.3) is 0 Å². The maximum absolute atomic E-state index is 4.93. The fourth-order valence-corrected chi connectivity index (χ4v) is 3.01. The highest BCUT2D eigenvalue weighted by atomic mass is 14.7. The van der Waals surface area contributed by atoms with E-state index in [2.05, 4.69) is 60.7 Å². The van der Waals surface area contributed by atoms with Crippen LogP contribution in [0.4, 0.5) is 0 Å². The minimum Gasteiger partial charge on any atom is -0.289 e. The molecule has 102 valence electrons. The van der Waals surface area contributed by atoms with Crippen molar-refractivity contribution in [2.24, 2.45) is 4.99 Å². The second-order valence-corrected chi connectivity index (χ2v) is 5.50. The van der Waals surface area contributed by atoms with Crippen molar-refractivity contribution in [1.82, 2.24) is 0 Å². The third-order valence-electron chi connectivity index (χ3n) is 4.09. The lowest BCUT2D eigenvalue weighted by Crippen LogP contribution is -2.17. The van der Waals surface area contributed by atoms with E-state index in [1.54, 1.807) is 0 Å². The first-order valence-electron chi connectivity index (χ1n) is 7.55. The number of nitrogens with zero attached hydrogens (tertiary/aromatic N) is 1. The Morgan fingerprint density at radius 2 is 1.55 bits per heavy atom. The van der Waals surface area contributed by atoms with Gasteiger partial charge in [-0.3, -0.25) is 4.99 Å². The smallest absolute Gasteiger partial charge is 0.0639 e. The number of aliphatic imine (C=N–C) groups is 1. The van der Waals surface area contributed by atoms with Crippen molar-refractivity contribution in [1.29, 1.82) is 0 Å². The van der Waals surface area contributed by atoms with Crippen molar-refractivity contribution >= 4 is 5.71 Å². The lowest BCUT2D eigenvalue weighted by Gasteiger charge is -2.24. The highest BCUT2D eigenvalue weighted by Gasteiger charge is 2.21. The first-order valence-corrected chi connectivity index (χ1v) is 7.55. The topological polar surface area (TPSA) is 12.4 Å². The minimum atomic E-state index is 0.536. The maximum Gasteiger partial charge on any atom is 0.0639 e. The van der Waals surface area contributed by atoms with Crippen molar-refractivity contribution in [3.63, 3.8) is 0 Å². The Morgan fingerprint density at radius 3 is 2.30 bits per heavy atom. The van der Waals surface area contributed by atoms with E-state index in [0.717, 1.165) is 13.0 Å². The van der Waals surface area contributed by atoms with Crippen LogP contribution in [0.2, 0.25) is 0 Å². The number of rotatable bonds is 3. The van der Waals surface area contributed by atoms with Gasteiger partial charge in [0.1, 0.15) is 0 Å². The molecule has 0 radical (unpaired) electrons. The van der Waals surface area contributed by atoms with Crippen LogP contribution in [0, 0.1) is 0 Å². The summed E-state index contributed by atoms with van der Waals surface area (Å²) in [7, 11) is 0. The van der Waals surface area contributed by atoms with Gasteiger partial charge in [0, 0.05) is 11.6 Å². The molecule has 1 fully saturated rings. The Bertz CT molecular complexity index is 557. The van der Waals surface area contributed by atoms with Gasteiger partial charge in [0.15, 0.2) is 0 Å². The molecule has 1 aliphatic rings. The van der Waals surface area contributed by atoms with Gasteiger partial charge in [-0.05, 0) is 30.4 Å². The molecule has 0 spiro atoms. The molecule has 1 aliphatic carbocycles. The summed E-state index contributed by atoms with van der Waals surface area (Å²) in [6.07, 6.45) is 5.02. The minimum absolute atomic E-state index is 0.536. The van der Waals surface area contributed by atoms with Crippen LogP contribution < -0.4 is 0 Å². The van der Waals surface area contributed by atoms with Gasteiger partial charge in [0.05, 0.1) is 6.54 Å². The van der Waals surface area contributed by atoms with Crippen LogP contribution in [0.1, 0.15) is 42.7 Å². The van der Waals surface area contributed by atoms with Crippen molar-refractivity contribution in [2.45, 2.75) is 38.1 Å². The monoisotopic (exact) mass is 263 g/mol. The summed E-state index contributed by atoms with van der Waals surface area (Å²) in [5, 5.41) is 0. The molecule has 1 atom stereocenters. The Labute approximate surface area is 121 Å². The molecular weight excluding hydrogens is 242 g/mol. The Morgan fingerprint density at radius 1 is 0.850 bits per heavy atom. The molecule has 2 aromatic carbocycles. The fourth-order valence-electron chi connectivity index (χ4n) is 3.01. The first-order chi connectivity index (χ1) is 9.93. The molecular formula is C19H21N. The molecule has 1 heteroatoms. The van der Waals surface area contributed by atoms with Crippen LogP contribution in [0.15, 0.2) is 65.7 Å². The van der Waals surface area contributed by atoms with Gasteiger partial charge in [-0.15, -0.1) is 0 Å². The van der Waals surface area contributed by atoms with E-state index in [1.807, 2.05) is 0 Å². The number of benzene rings is 2. The van der Waals surface area contributed by atoms with Crippen molar-refractivity contribution in [3.8, 4) is 0 Å². The van der Waals surface area contributed by atoms with Crippen molar-refractivity contribution < 1.29 is 0 Å². The third kappa shape index (κ3) is 3.16. The zero-order chi connectivity index (χ0) is 13.6. The second-order valence-electron chi connectivity index (χ2n) is 5.50. The standard InChI is InChI=1S/C19H21N/c1-3-9-16(10-4-1)15-20-19-14-8-7-13-18(19)17-11-5-2-6-12-17/h1-6,9-12,18H,7-8,13-15H2. The molecule has 0 bridgehead atoms. The van der Waals surface area contributed by atoms with Crippen LogP contribution in [-0.2, 0) is 6.54 Å². The molecule has 0 saturated heterocycles. The van der Waals surface area contributed by atoms with Crippen LogP contribution >= 0.6 is 0 Å². The average Bonchev–Trinajstić information content (AvgIpc) is 2.55. The normalized spacial score (nSPS) is 21.0. The summed E-state index contributed by atoms with van der Waals surface area (Å²) in [5.41, 5.74) is 4.13. The summed E-state index contributed by atoms with van der Waals surface area (Å²) >= 11 is 0. The van der Waals surface area contributed by atoms with Gasteiger partial charge in [-0.1, -0.05) is 67.1 Å².